The highest BCUT2D eigenvalue weighted by Crippen LogP contribution is 2.18. The van der Waals surface area contributed by atoms with E-state index in [4.69, 9.17) is 0 Å². The Balaban J connectivity index is 3.52. The lowest BCUT2D eigenvalue weighted by molar-refractivity contribution is -0.125. The molecule has 374 valence electrons. The van der Waals surface area contributed by atoms with Crippen LogP contribution < -0.4 is 5.32 Å². The number of hydrogen-bond acceptors (Lipinski definition) is 4. The van der Waals surface area contributed by atoms with Crippen molar-refractivity contribution in [2.24, 2.45) is 0 Å². The van der Waals surface area contributed by atoms with E-state index in [0.717, 1.165) is 32.1 Å². The smallest absolute Gasteiger partial charge is 0.222 e. The first kappa shape index (κ1) is 61.8. The van der Waals surface area contributed by atoms with Crippen LogP contribution in [0.25, 0.3) is 0 Å². The maximum absolute atomic E-state index is 12.5. The van der Waals surface area contributed by atoms with Crippen LogP contribution in [0.3, 0.4) is 0 Å². The summed E-state index contributed by atoms with van der Waals surface area (Å²) in [5.41, 5.74) is 0. The monoisotopic (exact) mass is 888 g/mol. The molecule has 0 spiro atoms. The molecule has 5 nitrogen and oxygen atoms in total. The second-order valence-electron chi connectivity index (χ2n) is 19.9. The maximum atomic E-state index is 12.5. The lowest BCUT2D eigenvalue weighted by atomic mass is 10.0. The van der Waals surface area contributed by atoms with Crippen LogP contribution in [-0.2, 0) is 4.79 Å². The van der Waals surface area contributed by atoms with Crippen LogP contribution in [0.2, 0.25) is 0 Å². The Kier molecular flexibility index (Phi) is 52.5. The van der Waals surface area contributed by atoms with Crippen LogP contribution in [0.1, 0.15) is 316 Å². The van der Waals surface area contributed by atoms with Gasteiger partial charge in [-0.15, -0.1) is 0 Å². The van der Waals surface area contributed by atoms with Gasteiger partial charge in [-0.1, -0.05) is 289 Å². The van der Waals surface area contributed by atoms with Gasteiger partial charge in [0.2, 0.25) is 5.91 Å². The first-order valence-electron chi connectivity index (χ1n) is 28.6. The molecule has 0 heterocycles. The highest BCUT2D eigenvalue weighted by molar-refractivity contribution is 5.76. The van der Waals surface area contributed by atoms with Gasteiger partial charge in [0.1, 0.15) is 0 Å². The summed E-state index contributed by atoms with van der Waals surface area (Å²) in [6, 6.07) is -0.658. The quantitative estimate of drug-likeness (QED) is 0.0362. The van der Waals surface area contributed by atoms with E-state index in [0.29, 0.717) is 12.8 Å². The number of carbonyl (C=O) groups excluding carboxylic acids is 1. The number of nitrogens with one attached hydrogen (secondary N) is 1. The molecule has 63 heavy (non-hydrogen) atoms. The Labute approximate surface area is 394 Å². The van der Waals surface area contributed by atoms with E-state index >= 15 is 0 Å². The molecule has 4 N–H and O–H groups in total. The number of rotatable bonds is 53. The van der Waals surface area contributed by atoms with Crippen LogP contribution in [0.5, 0.6) is 0 Å². The highest BCUT2D eigenvalue weighted by atomic mass is 16.3. The normalized spacial score (nSPS) is 13.4. The third-order valence-corrected chi connectivity index (χ3v) is 13.5. The lowest BCUT2D eigenvalue weighted by Gasteiger charge is -2.23. The highest BCUT2D eigenvalue weighted by Gasteiger charge is 2.21. The molecule has 0 aromatic rings. The first-order chi connectivity index (χ1) is 31.0. The molecule has 1 amide bonds. The minimum atomic E-state index is -0.749. The van der Waals surface area contributed by atoms with Gasteiger partial charge in [-0.25, -0.2) is 0 Å². The maximum Gasteiger partial charge on any atom is 0.222 e. The molecule has 0 saturated heterocycles. The Morgan fingerprint density at radius 1 is 0.397 bits per heavy atom. The minimum Gasteiger partial charge on any atom is -0.394 e. The fraction of sp³-hybridized carbons (Fsp3) is 0.914. The molecular formula is C58H113NO4. The summed E-state index contributed by atoms with van der Waals surface area (Å²) in [6.07, 6.45) is 67.6. The van der Waals surface area contributed by atoms with Crippen molar-refractivity contribution in [3.8, 4) is 0 Å². The number of unbranched alkanes of at least 4 members (excludes halogenated alkanes) is 40. The minimum absolute atomic E-state index is 0.0386. The van der Waals surface area contributed by atoms with Gasteiger partial charge in [0.15, 0.2) is 0 Å². The molecule has 0 aliphatic carbocycles. The summed E-state index contributed by atoms with van der Waals surface area (Å²) < 4.78 is 0. The largest absolute Gasteiger partial charge is 0.394 e. The van der Waals surface area contributed by atoms with Crippen LogP contribution in [0.4, 0.5) is 0 Å². The predicted octanol–water partition coefficient (Wildman–Crippen LogP) is 17.7. The average molecular weight is 889 g/mol. The van der Waals surface area contributed by atoms with Gasteiger partial charge in [0.25, 0.3) is 0 Å². The summed E-state index contributed by atoms with van der Waals surface area (Å²) in [6.45, 7) is 4.30. The van der Waals surface area contributed by atoms with Crippen LogP contribution in [0.15, 0.2) is 24.3 Å². The fourth-order valence-electron chi connectivity index (χ4n) is 9.14. The van der Waals surface area contributed by atoms with Crippen molar-refractivity contribution < 1.29 is 20.1 Å². The van der Waals surface area contributed by atoms with Gasteiger partial charge < -0.3 is 20.6 Å². The standard InChI is InChI=1S/C58H113NO4/c1-3-5-7-9-11-13-15-17-19-21-23-24-25-26-27-28-29-30-31-32-34-35-37-39-41-43-45-47-49-51-55(61)53-58(63)59-56(54-60)57(62)52-50-48-46-44-42-40-38-36-33-22-20-18-16-14-12-10-8-6-4-2/h23-24,26-27,55-57,60-62H,3-22,25,28-54H2,1-2H3,(H,59,63)/b24-23-,27-26-. The van der Waals surface area contributed by atoms with E-state index in [1.165, 1.54) is 250 Å². The van der Waals surface area contributed by atoms with E-state index in [1.807, 2.05) is 0 Å². The zero-order valence-corrected chi connectivity index (χ0v) is 42.7. The van der Waals surface area contributed by atoms with E-state index in [9.17, 15) is 20.1 Å². The lowest BCUT2D eigenvalue weighted by Crippen LogP contribution is -2.46. The van der Waals surface area contributed by atoms with E-state index in [-0.39, 0.29) is 18.9 Å². The molecule has 0 rings (SSSR count). The molecule has 0 aliphatic heterocycles. The molecule has 0 fully saturated rings. The Morgan fingerprint density at radius 2 is 0.683 bits per heavy atom. The zero-order valence-electron chi connectivity index (χ0n) is 42.7. The first-order valence-corrected chi connectivity index (χ1v) is 28.6. The molecule has 0 aromatic heterocycles. The van der Waals surface area contributed by atoms with E-state index < -0.39 is 18.2 Å². The third kappa shape index (κ3) is 50.1. The van der Waals surface area contributed by atoms with Crippen molar-refractivity contribution in [2.45, 2.75) is 334 Å². The fourth-order valence-corrected chi connectivity index (χ4v) is 9.14. The van der Waals surface area contributed by atoms with Gasteiger partial charge in [0, 0.05) is 0 Å². The van der Waals surface area contributed by atoms with Gasteiger partial charge in [-0.2, -0.15) is 0 Å². The number of carbonyl (C=O) groups is 1. The Hall–Kier alpha value is -1.17. The number of amides is 1. The topological polar surface area (TPSA) is 89.8 Å². The predicted molar refractivity (Wildman–Crippen MR) is 278 cm³/mol. The van der Waals surface area contributed by atoms with Crippen molar-refractivity contribution >= 4 is 5.91 Å². The number of hydrogen-bond donors (Lipinski definition) is 4. The third-order valence-electron chi connectivity index (χ3n) is 13.5. The van der Waals surface area contributed by atoms with Crippen molar-refractivity contribution in [1.82, 2.24) is 5.32 Å². The van der Waals surface area contributed by atoms with Crippen molar-refractivity contribution in [2.75, 3.05) is 6.61 Å². The zero-order chi connectivity index (χ0) is 45.8. The van der Waals surface area contributed by atoms with E-state index in [1.54, 1.807) is 0 Å². The molecule has 0 radical (unpaired) electrons. The van der Waals surface area contributed by atoms with Gasteiger partial charge >= 0.3 is 0 Å². The van der Waals surface area contributed by atoms with Crippen LogP contribution in [0, 0.1) is 0 Å². The molecule has 5 heteroatoms. The summed E-state index contributed by atoms with van der Waals surface area (Å²) in [7, 11) is 0. The van der Waals surface area contributed by atoms with Crippen molar-refractivity contribution in [3.63, 3.8) is 0 Å². The molecule has 0 aliphatic rings. The summed E-state index contributed by atoms with van der Waals surface area (Å²) in [5.74, 6) is -0.279. The van der Waals surface area contributed by atoms with Crippen LogP contribution in [-0.4, -0.2) is 46.1 Å². The summed E-state index contributed by atoms with van der Waals surface area (Å²) >= 11 is 0. The number of aliphatic hydroxyl groups is 3. The molecule has 3 atom stereocenters. The second-order valence-corrected chi connectivity index (χ2v) is 19.9. The molecule has 0 saturated carbocycles. The van der Waals surface area contributed by atoms with Crippen molar-refractivity contribution in [3.05, 3.63) is 24.3 Å². The van der Waals surface area contributed by atoms with Gasteiger partial charge in [-0.3, -0.25) is 4.79 Å². The van der Waals surface area contributed by atoms with Gasteiger partial charge in [0.05, 0.1) is 31.3 Å². The molecule has 0 bridgehead atoms. The SMILES string of the molecule is CCCCCCCCCCC/C=C\C/C=C\CCCCCCCCCCCCCCCC(O)CC(=O)NC(CO)C(O)CCCCCCCCCCCCCCCCCCCCC. The molecular weight excluding hydrogens is 775 g/mol. The average Bonchev–Trinajstić information content (AvgIpc) is 3.28. The van der Waals surface area contributed by atoms with Crippen LogP contribution >= 0.6 is 0 Å². The number of aliphatic hydroxyl groups excluding tert-OH is 3. The Bertz CT molecular complexity index is 936. The number of allylic oxidation sites excluding steroid dienone is 4. The van der Waals surface area contributed by atoms with Crippen molar-refractivity contribution in [1.29, 1.82) is 0 Å². The molecule has 0 aromatic carbocycles. The van der Waals surface area contributed by atoms with Gasteiger partial charge in [-0.05, 0) is 44.9 Å². The summed E-state index contributed by atoms with van der Waals surface area (Å²) in [4.78, 5) is 12.5. The summed E-state index contributed by atoms with van der Waals surface area (Å²) in [5, 5.41) is 33.6. The second kappa shape index (κ2) is 53.4. The molecule has 3 unspecified atom stereocenters. The van der Waals surface area contributed by atoms with E-state index in [2.05, 4.69) is 43.5 Å². The Morgan fingerprint density at radius 3 is 1.00 bits per heavy atom.